The van der Waals surface area contributed by atoms with E-state index in [9.17, 15) is 18.3 Å². The second kappa shape index (κ2) is 6.74. The molecular formula is C19H21NO5S. The third-order valence-electron chi connectivity index (χ3n) is 4.71. The Labute approximate surface area is 152 Å². The fraction of sp³-hybridized carbons (Fsp3) is 0.316. The number of hydrogen-bond donors (Lipinski definition) is 2. The highest BCUT2D eigenvalue weighted by atomic mass is 32.2. The fourth-order valence-corrected chi connectivity index (χ4v) is 5.26. The van der Waals surface area contributed by atoms with Crippen LogP contribution in [0.15, 0.2) is 35.2 Å². The van der Waals surface area contributed by atoms with E-state index in [1.165, 1.54) is 7.11 Å². The second-order valence-electron chi connectivity index (χ2n) is 6.52. The molecule has 2 N–H and O–H groups in total. The molecule has 138 valence electrons. The molecule has 3 rings (SSSR count). The summed E-state index contributed by atoms with van der Waals surface area (Å²) < 4.78 is 33.9. The molecule has 0 radical (unpaired) electrons. The number of nitrogens with one attached hydrogen (secondary N) is 1. The van der Waals surface area contributed by atoms with E-state index in [-0.39, 0.29) is 10.5 Å². The Morgan fingerprint density at radius 2 is 1.85 bits per heavy atom. The molecule has 0 spiro atoms. The molecule has 26 heavy (non-hydrogen) atoms. The summed E-state index contributed by atoms with van der Waals surface area (Å²) >= 11 is 0. The van der Waals surface area contributed by atoms with Crippen molar-refractivity contribution >= 4 is 16.0 Å². The van der Waals surface area contributed by atoms with Crippen LogP contribution < -0.4 is 9.46 Å². The number of carbonyl (C=O) groups is 1. The molecule has 7 heteroatoms. The highest BCUT2D eigenvalue weighted by Crippen LogP contribution is 2.34. The van der Waals surface area contributed by atoms with Gasteiger partial charge in [-0.25, -0.2) is 17.9 Å². The number of aromatic carboxylic acids is 1. The predicted octanol–water partition coefficient (Wildman–Crippen LogP) is 2.98. The van der Waals surface area contributed by atoms with E-state index >= 15 is 0 Å². The average molecular weight is 375 g/mol. The van der Waals surface area contributed by atoms with Crippen LogP contribution in [0.2, 0.25) is 0 Å². The maximum absolute atomic E-state index is 13.0. The highest BCUT2D eigenvalue weighted by Gasteiger charge is 2.30. The van der Waals surface area contributed by atoms with Gasteiger partial charge in [-0.1, -0.05) is 6.07 Å². The highest BCUT2D eigenvalue weighted by molar-refractivity contribution is 7.89. The molecule has 1 unspecified atom stereocenters. The summed E-state index contributed by atoms with van der Waals surface area (Å²) in [4.78, 5) is 11.5. The zero-order valence-corrected chi connectivity index (χ0v) is 15.7. The van der Waals surface area contributed by atoms with Gasteiger partial charge < -0.3 is 9.84 Å². The Morgan fingerprint density at radius 1 is 1.19 bits per heavy atom. The lowest BCUT2D eigenvalue weighted by Gasteiger charge is -2.18. The van der Waals surface area contributed by atoms with Crippen LogP contribution in [0.4, 0.5) is 0 Å². The number of carboxylic acid groups (broad SMARTS) is 1. The molecule has 0 saturated heterocycles. The molecule has 0 amide bonds. The minimum absolute atomic E-state index is 0.159. The van der Waals surface area contributed by atoms with Gasteiger partial charge in [0.05, 0.1) is 17.6 Å². The van der Waals surface area contributed by atoms with Gasteiger partial charge >= 0.3 is 5.97 Å². The first-order valence-corrected chi connectivity index (χ1v) is 9.75. The number of hydrogen-bond acceptors (Lipinski definition) is 4. The van der Waals surface area contributed by atoms with Gasteiger partial charge in [-0.3, -0.25) is 0 Å². The Bertz CT molecular complexity index is 958. The van der Waals surface area contributed by atoms with Crippen molar-refractivity contribution in [3.8, 4) is 5.75 Å². The first-order valence-electron chi connectivity index (χ1n) is 8.26. The second-order valence-corrected chi connectivity index (χ2v) is 8.17. The molecule has 0 fully saturated rings. The molecule has 0 heterocycles. The van der Waals surface area contributed by atoms with E-state index in [1.807, 2.05) is 0 Å². The number of sulfonamides is 1. The normalized spacial score (nSPS) is 16.3. The summed E-state index contributed by atoms with van der Waals surface area (Å²) in [6, 6.07) is 7.81. The number of methoxy groups -OCH3 is 1. The Balaban J connectivity index is 1.96. The molecule has 0 aliphatic heterocycles. The number of ether oxygens (including phenoxy) is 1. The third-order valence-corrected chi connectivity index (χ3v) is 6.48. The Morgan fingerprint density at radius 3 is 2.42 bits per heavy atom. The number of carboxylic acids is 1. The number of aryl methyl sites for hydroxylation is 3. The van der Waals surface area contributed by atoms with Crippen molar-refractivity contribution in [2.45, 2.75) is 37.6 Å². The van der Waals surface area contributed by atoms with E-state index in [0.717, 1.165) is 11.1 Å². The lowest BCUT2D eigenvalue weighted by atomic mass is 10.0. The van der Waals surface area contributed by atoms with Gasteiger partial charge in [0, 0.05) is 6.04 Å². The monoisotopic (exact) mass is 375 g/mol. The molecule has 0 aromatic heterocycles. The zero-order valence-electron chi connectivity index (χ0n) is 14.9. The first-order chi connectivity index (χ1) is 12.2. The van der Waals surface area contributed by atoms with E-state index < -0.39 is 22.0 Å². The molecule has 0 saturated carbocycles. The molecule has 0 bridgehead atoms. The maximum Gasteiger partial charge on any atom is 0.335 e. The molecule has 1 aliphatic rings. The molecule has 1 atom stereocenters. The summed E-state index contributed by atoms with van der Waals surface area (Å²) in [5.41, 5.74) is 3.08. The number of benzene rings is 2. The lowest BCUT2D eigenvalue weighted by molar-refractivity contribution is 0.0696. The molecule has 2 aromatic carbocycles. The van der Waals surface area contributed by atoms with Crippen molar-refractivity contribution in [1.82, 2.24) is 4.72 Å². The third kappa shape index (κ3) is 3.32. The number of fused-ring (bicyclic) bond motifs is 1. The minimum Gasteiger partial charge on any atom is -0.497 e. The molecule has 6 nitrogen and oxygen atoms in total. The largest absolute Gasteiger partial charge is 0.497 e. The summed E-state index contributed by atoms with van der Waals surface area (Å²) in [7, 11) is -2.22. The Kier molecular flexibility index (Phi) is 4.77. The van der Waals surface area contributed by atoms with Crippen LogP contribution in [0.5, 0.6) is 5.75 Å². The van der Waals surface area contributed by atoms with Crippen LogP contribution in [0.3, 0.4) is 0 Å². The van der Waals surface area contributed by atoms with Crippen molar-refractivity contribution in [2.24, 2.45) is 0 Å². The number of rotatable bonds is 5. The topological polar surface area (TPSA) is 92.7 Å². The zero-order chi connectivity index (χ0) is 19.1. The summed E-state index contributed by atoms with van der Waals surface area (Å²) in [5.74, 6) is -0.417. The van der Waals surface area contributed by atoms with Crippen molar-refractivity contribution in [2.75, 3.05) is 7.11 Å². The van der Waals surface area contributed by atoms with Gasteiger partial charge in [-0.2, -0.15) is 0 Å². The fourth-order valence-electron chi connectivity index (χ4n) is 3.56. The van der Waals surface area contributed by atoms with Crippen LogP contribution >= 0.6 is 0 Å². The first kappa shape index (κ1) is 18.4. The van der Waals surface area contributed by atoms with Crippen molar-refractivity contribution in [3.05, 3.63) is 58.1 Å². The molecule has 2 aromatic rings. The van der Waals surface area contributed by atoms with Crippen LogP contribution in [0, 0.1) is 13.8 Å². The molecular weight excluding hydrogens is 354 g/mol. The van der Waals surface area contributed by atoms with E-state index in [4.69, 9.17) is 4.74 Å². The van der Waals surface area contributed by atoms with Crippen molar-refractivity contribution in [1.29, 1.82) is 0 Å². The minimum atomic E-state index is -3.76. The maximum atomic E-state index is 13.0. The smallest absolute Gasteiger partial charge is 0.335 e. The quantitative estimate of drug-likeness (QED) is 0.838. The summed E-state index contributed by atoms with van der Waals surface area (Å²) in [5, 5.41) is 9.18. The van der Waals surface area contributed by atoms with Gasteiger partial charge in [0.25, 0.3) is 0 Å². The van der Waals surface area contributed by atoms with Gasteiger partial charge in [-0.15, -0.1) is 0 Å². The SMILES string of the molecule is COc1cc(C)c(S(=O)(=O)NC2CCc3ccc(C(=O)O)cc32)c(C)c1. The standard InChI is InChI=1S/C19H21NO5S/c1-11-8-15(25-3)9-12(2)18(11)26(23,24)20-17-7-6-13-4-5-14(19(21)22)10-16(13)17/h4-5,8-10,17,20H,6-7H2,1-3H3,(H,21,22). The molecule has 1 aliphatic carbocycles. The van der Waals surface area contributed by atoms with Crippen LogP contribution in [0.1, 0.15) is 45.1 Å². The summed E-state index contributed by atoms with van der Waals surface area (Å²) in [6.07, 6.45) is 1.31. The average Bonchev–Trinajstić information content (AvgIpc) is 2.95. The van der Waals surface area contributed by atoms with E-state index in [2.05, 4.69) is 4.72 Å². The van der Waals surface area contributed by atoms with Gasteiger partial charge in [0.15, 0.2) is 0 Å². The van der Waals surface area contributed by atoms with Gasteiger partial charge in [0.1, 0.15) is 5.75 Å². The van der Waals surface area contributed by atoms with Crippen LogP contribution in [0.25, 0.3) is 0 Å². The summed E-state index contributed by atoms with van der Waals surface area (Å²) in [6.45, 7) is 3.46. The Hall–Kier alpha value is -2.38. The van der Waals surface area contributed by atoms with E-state index in [1.54, 1.807) is 44.2 Å². The van der Waals surface area contributed by atoms with Crippen LogP contribution in [-0.4, -0.2) is 26.6 Å². The van der Waals surface area contributed by atoms with E-state index in [0.29, 0.717) is 29.7 Å². The van der Waals surface area contributed by atoms with Crippen LogP contribution in [-0.2, 0) is 16.4 Å². The van der Waals surface area contributed by atoms with Crippen molar-refractivity contribution < 1.29 is 23.1 Å². The van der Waals surface area contributed by atoms with Crippen molar-refractivity contribution in [3.63, 3.8) is 0 Å². The van der Waals surface area contributed by atoms with Gasteiger partial charge in [-0.05, 0) is 73.2 Å². The predicted molar refractivity (Wildman–Crippen MR) is 97.3 cm³/mol. The van der Waals surface area contributed by atoms with Gasteiger partial charge in [0.2, 0.25) is 10.0 Å². The lowest BCUT2D eigenvalue weighted by Crippen LogP contribution is -2.28.